The molecule has 3 aromatic rings. The number of carboxylic acid groups (broad SMARTS) is 1. The quantitative estimate of drug-likeness (QED) is 0.244. The van der Waals surface area contributed by atoms with Crippen molar-refractivity contribution >= 4 is 11.9 Å². The minimum absolute atomic E-state index is 0.142. The van der Waals surface area contributed by atoms with E-state index in [4.69, 9.17) is 0 Å². The maximum Gasteiger partial charge on any atom is 0.272 e. The Morgan fingerprint density at radius 1 is 1.05 bits per heavy atom. The summed E-state index contributed by atoms with van der Waals surface area (Å²) < 4.78 is 15.4. The summed E-state index contributed by atoms with van der Waals surface area (Å²) in [5.74, 6) is -2.08. The van der Waals surface area contributed by atoms with E-state index in [0.29, 0.717) is 23.5 Å². The molecule has 2 aromatic carbocycles. The zero-order valence-electron chi connectivity index (χ0n) is 22.1. The number of rotatable bonds is 14. The van der Waals surface area contributed by atoms with E-state index in [1.54, 1.807) is 16.7 Å². The van der Waals surface area contributed by atoms with Crippen molar-refractivity contribution in [3.63, 3.8) is 0 Å². The molecule has 0 saturated heterocycles. The molecular formula is C29H35FN3O6-. The standard InChI is InChI=1S/C29H36FN3O6/c1-18(2)27-26(29(39)31-22(17-34)14-19-6-4-3-5-7-19)32-28(20-8-10-21(30)11-9-20)33(27)13-12-23(35)15-24(36)16-25(37)38/h3-11,18,22-24,34-36H,12-17H2,1-2H3,(H,31,39)(H,37,38)/p-1/t22-,23+,24+/m0/s1. The number of aliphatic carboxylic acids is 1. The number of nitrogens with zero attached hydrogens (tertiary/aromatic N) is 2. The van der Waals surface area contributed by atoms with Crippen molar-refractivity contribution in [3.8, 4) is 11.4 Å². The van der Waals surface area contributed by atoms with E-state index in [1.165, 1.54) is 12.1 Å². The van der Waals surface area contributed by atoms with Crippen molar-refractivity contribution < 1.29 is 34.4 Å². The molecule has 3 rings (SSSR count). The van der Waals surface area contributed by atoms with Crippen LogP contribution in [0.2, 0.25) is 0 Å². The third kappa shape index (κ3) is 8.44. The number of carbonyl (C=O) groups excluding carboxylic acids is 2. The summed E-state index contributed by atoms with van der Waals surface area (Å²) in [4.78, 5) is 28.8. The number of hydrogen-bond donors (Lipinski definition) is 4. The van der Waals surface area contributed by atoms with Gasteiger partial charge in [-0.2, -0.15) is 0 Å². The second-order valence-corrected chi connectivity index (χ2v) is 9.93. The highest BCUT2D eigenvalue weighted by molar-refractivity contribution is 5.94. The van der Waals surface area contributed by atoms with E-state index in [-0.39, 0.29) is 37.6 Å². The fourth-order valence-corrected chi connectivity index (χ4v) is 4.56. The van der Waals surface area contributed by atoms with Gasteiger partial charge in [0.1, 0.15) is 17.3 Å². The third-order valence-electron chi connectivity index (χ3n) is 6.38. The lowest BCUT2D eigenvalue weighted by Gasteiger charge is -2.20. The minimum Gasteiger partial charge on any atom is -0.550 e. The number of aliphatic hydroxyl groups is 3. The van der Waals surface area contributed by atoms with Crippen LogP contribution in [0.4, 0.5) is 4.39 Å². The number of carbonyl (C=O) groups is 2. The summed E-state index contributed by atoms with van der Waals surface area (Å²) in [5, 5.41) is 43.9. The molecule has 3 atom stereocenters. The molecule has 210 valence electrons. The van der Waals surface area contributed by atoms with Crippen LogP contribution in [0.1, 0.15) is 60.8 Å². The number of carboxylic acids is 1. The van der Waals surface area contributed by atoms with Crippen LogP contribution in [-0.4, -0.2) is 61.6 Å². The number of aromatic nitrogens is 2. The molecule has 0 saturated carbocycles. The van der Waals surface area contributed by atoms with E-state index in [9.17, 15) is 34.4 Å². The van der Waals surface area contributed by atoms with Gasteiger partial charge in [-0.1, -0.05) is 44.2 Å². The van der Waals surface area contributed by atoms with Crippen LogP contribution in [0.5, 0.6) is 0 Å². The molecule has 1 aromatic heterocycles. The second-order valence-electron chi connectivity index (χ2n) is 9.93. The van der Waals surface area contributed by atoms with Gasteiger partial charge in [0.15, 0.2) is 0 Å². The van der Waals surface area contributed by atoms with Gasteiger partial charge in [0, 0.05) is 24.5 Å². The van der Waals surface area contributed by atoms with Crippen molar-refractivity contribution in [3.05, 3.63) is 77.4 Å². The summed E-state index contributed by atoms with van der Waals surface area (Å²) >= 11 is 0. The number of imidazole rings is 1. The molecule has 4 N–H and O–H groups in total. The fourth-order valence-electron chi connectivity index (χ4n) is 4.56. The largest absolute Gasteiger partial charge is 0.550 e. The van der Waals surface area contributed by atoms with Gasteiger partial charge in [-0.05, 0) is 55.0 Å². The maximum absolute atomic E-state index is 13.7. The van der Waals surface area contributed by atoms with Crippen molar-refractivity contribution in [1.29, 1.82) is 0 Å². The first-order valence-corrected chi connectivity index (χ1v) is 13.0. The van der Waals surface area contributed by atoms with Gasteiger partial charge in [-0.3, -0.25) is 4.79 Å². The molecule has 0 unspecified atom stereocenters. The number of nitrogens with one attached hydrogen (secondary N) is 1. The smallest absolute Gasteiger partial charge is 0.272 e. The molecule has 0 aliphatic heterocycles. The molecule has 39 heavy (non-hydrogen) atoms. The lowest BCUT2D eigenvalue weighted by molar-refractivity contribution is -0.307. The summed E-state index contributed by atoms with van der Waals surface area (Å²) in [7, 11) is 0. The minimum atomic E-state index is -1.41. The number of benzene rings is 2. The molecule has 1 amide bonds. The van der Waals surface area contributed by atoms with Gasteiger partial charge in [0.05, 0.1) is 30.6 Å². The first kappa shape index (κ1) is 29.9. The average Bonchev–Trinajstić information content (AvgIpc) is 3.27. The Morgan fingerprint density at radius 3 is 2.31 bits per heavy atom. The van der Waals surface area contributed by atoms with Crippen molar-refractivity contribution in [2.45, 2.75) is 70.2 Å². The second kappa shape index (κ2) is 14.0. The summed E-state index contributed by atoms with van der Waals surface area (Å²) in [6.45, 7) is 3.72. The Kier molecular flexibility index (Phi) is 10.7. The zero-order chi connectivity index (χ0) is 28.5. The molecular weight excluding hydrogens is 505 g/mol. The van der Waals surface area contributed by atoms with Crippen LogP contribution in [0, 0.1) is 5.82 Å². The molecule has 0 spiro atoms. The van der Waals surface area contributed by atoms with Gasteiger partial charge in [-0.15, -0.1) is 0 Å². The van der Waals surface area contributed by atoms with Crippen LogP contribution >= 0.6 is 0 Å². The predicted molar refractivity (Wildman–Crippen MR) is 141 cm³/mol. The summed E-state index contributed by atoms with van der Waals surface area (Å²) in [6, 6.07) is 14.6. The van der Waals surface area contributed by atoms with Crippen molar-refractivity contribution in [1.82, 2.24) is 14.9 Å². The van der Waals surface area contributed by atoms with E-state index in [2.05, 4.69) is 10.3 Å². The van der Waals surface area contributed by atoms with Crippen LogP contribution < -0.4 is 10.4 Å². The number of amides is 1. The van der Waals surface area contributed by atoms with E-state index in [1.807, 2.05) is 44.2 Å². The van der Waals surface area contributed by atoms with Gasteiger partial charge in [-0.25, -0.2) is 9.37 Å². The van der Waals surface area contributed by atoms with Crippen LogP contribution in [0.25, 0.3) is 11.4 Å². The zero-order valence-corrected chi connectivity index (χ0v) is 22.1. The number of aliphatic hydroxyl groups excluding tert-OH is 3. The lowest BCUT2D eigenvalue weighted by Crippen LogP contribution is -2.39. The number of halogens is 1. The van der Waals surface area contributed by atoms with Gasteiger partial charge >= 0.3 is 0 Å². The highest BCUT2D eigenvalue weighted by Crippen LogP contribution is 2.29. The molecule has 0 fully saturated rings. The Morgan fingerprint density at radius 2 is 1.72 bits per heavy atom. The summed E-state index contributed by atoms with van der Waals surface area (Å²) in [5.41, 5.74) is 2.26. The topological polar surface area (TPSA) is 148 Å². The first-order chi connectivity index (χ1) is 18.6. The Hall–Kier alpha value is -3.60. The van der Waals surface area contributed by atoms with Crippen molar-refractivity contribution in [2.75, 3.05) is 6.61 Å². The van der Waals surface area contributed by atoms with E-state index < -0.39 is 42.4 Å². The number of hydrogen-bond acceptors (Lipinski definition) is 7. The van der Waals surface area contributed by atoms with Gasteiger partial charge in [0.2, 0.25) is 0 Å². The Balaban J connectivity index is 1.92. The highest BCUT2D eigenvalue weighted by atomic mass is 19.1. The lowest BCUT2D eigenvalue weighted by atomic mass is 10.0. The molecule has 10 heteroatoms. The first-order valence-electron chi connectivity index (χ1n) is 13.0. The molecule has 0 radical (unpaired) electrons. The average molecular weight is 541 g/mol. The molecule has 0 aliphatic rings. The van der Waals surface area contributed by atoms with Crippen molar-refractivity contribution in [2.24, 2.45) is 0 Å². The highest BCUT2D eigenvalue weighted by Gasteiger charge is 2.27. The monoisotopic (exact) mass is 540 g/mol. The SMILES string of the molecule is CC(C)c1c(C(=O)N[C@H](CO)Cc2ccccc2)nc(-c2ccc(F)cc2)n1CC[C@@H](O)C[C@@H](O)CC(=O)[O-]. The summed E-state index contributed by atoms with van der Waals surface area (Å²) in [6.07, 6.45) is -2.45. The molecule has 9 nitrogen and oxygen atoms in total. The van der Waals surface area contributed by atoms with Crippen LogP contribution in [0.3, 0.4) is 0 Å². The normalized spacial score (nSPS) is 13.7. The van der Waals surface area contributed by atoms with E-state index in [0.717, 1.165) is 5.56 Å². The maximum atomic E-state index is 13.7. The molecule has 0 aliphatic carbocycles. The molecule has 0 bridgehead atoms. The van der Waals surface area contributed by atoms with Gasteiger partial charge in [0.25, 0.3) is 5.91 Å². The van der Waals surface area contributed by atoms with Crippen LogP contribution in [-0.2, 0) is 17.8 Å². The predicted octanol–water partition coefficient (Wildman–Crippen LogP) is 1.79. The fraction of sp³-hybridized carbons (Fsp3) is 0.414. The third-order valence-corrected chi connectivity index (χ3v) is 6.38. The Labute approximate surface area is 227 Å². The van der Waals surface area contributed by atoms with E-state index >= 15 is 0 Å². The van der Waals surface area contributed by atoms with Gasteiger partial charge < -0.3 is 35.1 Å². The van der Waals surface area contributed by atoms with Crippen LogP contribution in [0.15, 0.2) is 54.6 Å². The Bertz CT molecular complexity index is 1230. The molecule has 1 heterocycles.